The smallest absolute Gasteiger partial charge is 0.295 e. The van der Waals surface area contributed by atoms with E-state index in [9.17, 15) is 19.1 Å². The van der Waals surface area contributed by atoms with Gasteiger partial charge in [-0.05, 0) is 32.4 Å². The van der Waals surface area contributed by atoms with Crippen LogP contribution in [-0.4, -0.2) is 55.2 Å². The van der Waals surface area contributed by atoms with E-state index >= 15 is 0 Å². The molecular weight excluding hydrogens is 500 g/mol. The third-order valence-electron chi connectivity index (χ3n) is 5.53. The second-order valence-electron chi connectivity index (χ2n) is 8.07. The number of ether oxygens (including phenoxy) is 3. The van der Waals surface area contributed by atoms with Gasteiger partial charge in [-0.1, -0.05) is 41.4 Å². The highest BCUT2D eigenvalue weighted by Gasteiger charge is 2.47. The fourth-order valence-electron chi connectivity index (χ4n) is 3.98. The molecule has 1 heterocycles. The molecule has 2 aromatic carbocycles. The molecule has 1 unspecified atom stereocenters. The molecule has 0 bridgehead atoms. The largest absolute Gasteiger partial charge is 0.507 e. The van der Waals surface area contributed by atoms with Crippen LogP contribution in [0.2, 0.25) is 10.0 Å². The Bertz CT molecular complexity index is 1170. The number of amides is 1. The molecule has 1 atom stereocenters. The lowest BCUT2D eigenvalue weighted by Crippen LogP contribution is -2.31. The summed E-state index contributed by atoms with van der Waals surface area (Å²) in [6.45, 7) is 4.20. The number of hydrogen-bond acceptors (Lipinski definition) is 6. The van der Waals surface area contributed by atoms with Crippen LogP contribution in [0.5, 0.6) is 11.5 Å². The van der Waals surface area contributed by atoms with Gasteiger partial charge in [-0.3, -0.25) is 9.59 Å². The monoisotopic (exact) mass is 525 g/mol. The normalized spacial score (nSPS) is 17.4. The van der Waals surface area contributed by atoms with Crippen LogP contribution >= 0.6 is 23.2 Å². The third-order valence-corrected chi connectivity index (χ3v) is 6.15. The highest BCUT2D eigenvalue weighted by atomic mass is 35.5. The number of likely N-dealkylation sites (tertiary alicyclic amines) is 1. The molecular formula is C25H26Cl2FNO6. The van der Waals surface area contributed by atoms with Gasteiger partial charge in [0.05, 0.1) is 42.5 Å². The van der Waals surface area contributed by atoms with Crippen molar-refractivity contribution in [1.82, 2.24) is 4.90 Å². The average molecular weight is 526 g/mol. The molecule has 1 aliphatic heterocycles. The van der Waals surface area contributed by atoms with Gasteiger partial charge in [-0.2, -0.15) is 0 Å². The van der Waals surface area contributed by atoms with Crippen molar-refractivity contribution < 1.29 is 33.3 Å². The average Bonchev–Trinajstić information content (AvgIpc) is 3.06. The fraction of sp³-hybridized carbons (Fsp3) is 0.360. The van der Waals surface area contributed by atoms with Crippen molar-refractivity contribution in [3.05, 3.63) is 62.9 Å². The molecule has 1 saturated heterocycles. The SMILES string of the molecule is COc1c(Cl)cc(/C(O)=C2\C(=O)C(=O)N(CCCOC(C)C)C2c2ccccc2F)c(OC)c1Cl. The lowest BCUT2D eigenvalue weighted by Gasteiger charge is -2.26. The Morgan fingerprint density at radius 1 is 1.14 bits per heavy atom. The molecule has 0 radical (unpaired) electrons. The molecule has 1 aliphatic rings. The van der Waals surface area contributed by atoms with E-state index in [1.165, 1.54) is 43.4 Å². The first-order valence-corrected chi connectivity index (χ1v) is 11.6. The molecule has 1 amide bonds. The van der Waals surface area contributed by atoms with Gasteiger partial charge in [-0.25, -0.2) is 4.39 Å². The zero-order valence-corrected chi connectivity index (χ0v) is 21.2. The number of methoxy groups -OCH3 is 2. The van der Waals surface area contributed by atoms with Gasteiger partial charge in [0.1, 0.15) is 16.6 Å². The van der Waals surface area contributed by atoms with Gasteiger partial charge in [0.25, 0.3) is 11.7 Å². The van der Waals surface area contributed by atoms with E-state index in [0.29, 0.717) is 13.0 Å². The minimum absolute atomic E-state index is 0.00943. The number of aliphatic hydroxyl groups excluding tert-OH is 1. The van der Waals surface area contributed by atoms with Crippen molar-refractivity contribution in [1.29, 1.82) is 0 Å². The van der Waals surface area contributed by atoms with E-state index in [-0.39, 0.29) is 50.9 Å². The summed E-state index contributed by atoms with van der Waals surface area (Å²) in [4.78, 5) is 27.4. The first kappa shape index (κ1) is 26.8. The van der Waals surface area contributed by atoms with Crippen molar-refractivity contribution in [2.24, 2.45) is 0 Å². The third kappa shape index (κ3) is 5.24. The van der Waals surface area contributed by atoms with Crippen molar-refractivity contribution in [2.75, 3.05) is 27.4 Å². The molecule has 3 rings (SSSR count). The Labute approximate surface area is 213 Å². The minimum atomic E-state index is -1.18. The minimum Gasteiger partial charge on any atom is -0.507 e. The molecule has 2 aromatic rings. The van der Waals surface area contributed by atoms with E-state index in [2.05, 4.69) is 0 Å². The number of benzene rings is 2. The summed E-state index contributed by atoms with van der Waals surface area (Å²) < 4.78 is 31.0. The Hall–Kier alpha value is -2.81. The van der Waals surface area contributed by atoms with Gasteiger partial charge in [0, 0.05) is 18.7 Å². The number of halogens is 3. The van der Waals surface area contributed by atoms with Crippen LogP contribution in [0.3, 0.4) is 0 Å². The fourth-order valence-corrected chi connectivity index (χ4v) is 4.66. The molecule has 0 saturated carbocycles. The van der Waals surface area contributed by atoms with E-state index in [1.807, 2.05) is 13.8 Å². The second-order valence-corrected chi connectivity index (χ2v) is 8.86. The molecule has 0 aliphatic carbocycles. The Morgan fingerprint density at radius 2 is 1.80 bits per heavy atom. The molecule has 188 valence electrons. The van der Waals surface area contributed by atoms with Gasteiger partial charge in [0.2, 0.25) is 0 Å². The molecule has 7 nitrogen and oxygen atoms in total. The van der Waals surface area contributed by atoms with E-state index in [1.54, 1.807) is 6.07 Å². The number of aliphatic hydroxyl groups is 1. The lowest BCUT2D eigenvalue weighted by atomic mass is 9.94. The topological polar surface area (TPSA) is 85.3 Å². The summed E-state index contributed by atoms with van der Waals surface area (Å²) in [5.74, 6) is -2.97. The van der Waals surface area contributed by atoms with Crippen LogP contribution in [0.15, 0.2) is 35.9 Å². The number of rotatable bonds is 9. The van der Waals surface area contributed by atoms with Gasteiger partial charge >= 0.3 is 0 Å². The van der Waals surface area contributed by atoms with Crippen LogP contribution in [-0.2, 0) is 14.3 Å². The summed E-state index contributed by atoms with van der Waals surface area (Å²) in [6, 6.07) is 5.89. The predicted octanol–water partition coefficient (Wildman–Crippen LogP) is 5.39. The molecule has 0 spiro atoms. The van der Waals surface area contributed by atoms with Crippen LogP contribution in [0.4, 0.5) is 4.39 Å². The summed E-state index contributed by atoms with van der Waals surface area (Å²) in [5.41, 5.74) is -0.283. The van der Waals surface area contributed by atoms with E-state index < -0.39 is 29.3 Å². The number of nitrogens with zero attached hydrogens (tertiary/aromatic N) is 1. The molecule has 1 N–H and O–H groups in total. The highest BCUT2D eigenvalue weighted by molar-refractivity contribution is 6.47. The summed E-state index contributed by atoms with van der Waals surface area (Å²) in [5, 5.41) is 11.3. The summed E-state index contributed by atoms with van der Waals surface area (Å²) >= 11 is 12.6. The second kappa shape index (κ2) is 11.3. The number of carbonyl (C=O) groups is 2. The molecule has 1 fully saturated rings. The lowest BCUT2D eigenvalue weighted by molar-refractivity contribution is -0.140. The summed E-state index contributed by atoms with van der Waals surface area (Å²) in [6.07, 6.45) is 0.393. The van der Waals surface area contributed by atoms with E-state index in [4.69, 9.17) is 37.4 Å². The maximum Gasteiger partial charge on any atom is 0.295 e. The van der Waals surface area contributed by atoms with Crippen molar-refractivity contribution >= 4 is 40.7 Å². The first-order valence-electron chi connectivity index (χ1n) is 10.9. The van der Waals surface area contributed by atoms with Crippen molar-refractivity contribution in [3.8, 4) is 11.5 Å². The maximum atomic E-state index is 14.9. The zero-order valence-electron chi connectivity index (χ0n) is 19.7. The van der Waals surface area contributed by atoms with Crippen LogP contribution in [0.1, 0.15) is 37.4 Å². The molecule has 35 heavy (non-hydrogen) atoms. The zero-order chi connectivity index (χ0) is 25.9. The first-order chi connectivity index (χ1) is 16.6. The Kier molecular flexibility index (Phi) is 8.64. The number of ketones is 1. The molecule has 10 heteroatoms. The Balaban J connectivity index is 2.19. The quantitative estimate of drug-likeness (QED) is 0.204. The number of Topliss-reactive ketones (excluding diaryl/α,β-unsaturated/α-hetero) is 1. The standard InChI is InChI=1S/C25H26Cl2FNO6/c1-13(2)35-11-7-10-29-20(14-8-5-6-9-17(14)28)18(22(31)25(29)32)21(30)15-12-16(26)24(34-4)19(27)23(15)33-3/h5-6,8-9,12-13,20,30H,7,10-11H2,1-4H3/b21-18+. The summed E-state index contributed by atoms with van der Waals surface area (Å²) in [7, 11) is 2.67. The highest BCUT2D eigenvalue weighted by Crippen LogP contribution is 2.47. The predicted molar refractivity (Wildman–Crippen MR) is 131 cm³/mol. The number of carbonyl (C=O) groups excluding carboxylic acids is 2. The van der Waals surface area contributed by atoms with Gasteiger partial charge in [0.15, 0.2) is 11.5 Å². The van der Waals surface area contributed by atoms with Crippen LogP contribution < -0.4 is 9.47 Å². The van der Waals surface area contributed by atoms with E-state index in [0.717, 1.165) is 0 Å². The maximum absolute atomic E-state index is 14.9. The number of hydrogen-bond donors (Lipinski definition) is 1. The molecule has 0 aromatic heterocycles. The van der Waals surface area contributed by atoms with Crippen molar-refractivity contribution in [2.45, 2.75) is 32.4 Å². The van der Waals surface area contributed by atoms with Gasteiger partial charge < -0.3 is 24.2 Å². The van der Waals surface area contributed by atoms with Gasteiger partial charge in [-0.15, -0.1) is 0 Å². The Morgan fingerprint density at radius 3 is 2.40 bits per heavy atom. The van der Waals surface area contributed by atoms with Crippen LogP contribution in [0, 0.1) is 5.82 Å². The van der Waals surface area contributed by atoms with Crippen LogP contribution in [0.25, 0.3) is 5.76 Å². The van der Waals surface area contributed by atoms with Crippen molar-refractivity contribution in [3.63, 3.8) is 0 Å².